The van der Waals surface area contributed by atoms with Crippen molar-refractivity contribution in [2.24, 2.45) is 0 Å². The molecule has 100 valence electrons. The molecule has 0 fully saturated rings. The van der Waals surface area contributed by atoms with E-state index in [1.54, 1.807) is 6.07 Å². The van der Waals surface area contributed by atoms with Crippen LogP contribution < -0.4 is 0 Å². The Kier molecular flexibility index (Phi) is 3.72. The highest BCUT2D eigenvalue weighted by Crippen LogP contribution is 2.23. The van der Waals surface area contributed by atoms with Crippen molar-refractivity contribution in [3.05, 3.63) is 70.0 Å². The number of hydrogen-bond donors (Lipinski definition) is 1. The van der Waals surface area contributed by atoms with Crippen LogP contribution in [0.4, 0.5) is 0 Å². The fraction of sp³-hybridized carbons (Fsp3) is 0.0667. The Balaban J connectivity index is 1.82. The molecule has 0 saturated heterocycles. The maximum atomic E-state index is 6.00. The Morgan fingerprint density at radius 2 is 1.75 bits per heavy atom. The Hall–Kier alpha value is -1.84. The van der Waals surface area contributed by atoms with Crippen molar-refractivity contribution in [3.8, 4) is 11.4 Å². The topological polar surface area (TPSA) is 41.6 Å². The Labute approximate surface area is 126 Å². The van der Waals surface area contributed by atoms with Gasteiger partial charge in [0, 0.05) is 12.0 Å². The van der Waals surface area contributed by atoms with Crippen molar-refractivity contribution >= 4 is 23.2 Å². The second-order valence-corrected chi connectivity index (χ2v) is 5.21. The molecule has 0 amide bonds. The summed E-state index contributed by atoms with van der Waals surface area (Å²) in [6.45, 7) is 0. The summed E-state index contributed by atoms with van der Waals surface area (Å²) in [6, 6.07) is 15.4. The van der Waals surface area contributed by atoms with E-state index in [0.29, 0.717) is 22.3 Å². The number of H-pyrrole nitrogens is 1. The highest BCUT2D eigenvalue weighted by molar-refractivity contribution is 6.42. The molecule has 0 bridgehead atoms. The molecule has 0 unspecified atom stereocenters. The summed E-state index contributed by atoms with van der Waals surface area (Å²) in [7, 11) is 0. The Morgan fingerprint density at radius 3 is 2.50 bits per heavy atom. The first kappa shape index (κ1) is 13.2. The van der Waals surface area contributed by atoms with Crippen LogP contribution in [0.5, 0.6) is 0 Å². The van der Waals surface area contributed by atoms with Crippen LogP contribution in [0.1, 0.15) is 11.4 Å². The average Bonchev–Trinajstić information content (AvgIpc) is 2.92. The van der Waals surface area contributed by atoms with Gasteiger partial charge in [0.05, 0.1) is 10.0 Å². The minimum Gasteiger partial charge on any atom is -0.262 e. The molecular formula is C15H11Cl2N3. The molecule has 5 heteroatoms. The van der Waals surface area contributed by atoms with Crippen LogP contribution in [0.25, 0.3) is 11.4 Å². The lowest BCUT2D eigenvalue weighted by molar-refractivity contribution is 0.973. The van der Waals surface area contributed by atoms with Gasteiger partial charge in [0.1, 0.15) is 5.82 Å². The molecule has 3 rings (SSSR count). The van der Waals surface area contributed by atoms with Crippen molar-refractivity contribution in [2.75, 3.05) is 0 Å². The molecule has 0 radical (unpaired) electrons. The van der Waals surface area contributed by atoms with E-state index in [4.69, 9.17) is 23.2 Å². The van der Waals surface area contributed by atoms with Crippen LogP contribution in [0.3, 0.4) is 0 Å². The van der Waals surface area contributed by atoms with E-state index in [-0.39, 0.29) is 0 Å². The maximum absolute atomic E-state index is 6.00. The zero-order valence-electron chi connectivity index (χ0n) is 10.5. The van der Waals surface area contributed by atoms with E-state index in [0.717, 1.165) is 17.0 Å². The van der Waals surface area contributed by atoms with Gasteiger partial charge < -0.3 is 0 Å². The van der Waals surface area contributed by atoms with Crippen LogP contribution in [-0.4, -0.2) is 15.2 Å². The first-order chi connectivity index (χ1) is 9.72. The highest BCUT2D eigenvalue weighted by atomic mass is 35.5. The second kappa shape index (κ2) is 5.65. The van der Waals surface area contributed by atoms with Crippen molar-refractivity contribution in [3.63, 3.8) is 0 Å². The van der Waals surface area contributed by atoms with Gasteiger partial charge in [-0.2, -0.15) is 5.10 Å². The van der Waals surface area contributed by atoms with Crippen LogP contribution in [0.15, 0.2) is 48.5 Å². The zero-order valence-corrected chi connectivity index (χ0v) is 12.0. The number of rotatable bonds is 3. The molecule has 3 nitrogen and oxygen atoms in total. The first-order valence-corrected chi connectivity index (χ1v) is 6.88. The third-order valence-corrected chi connectivity index (χ3v) is 3.66. The molecule has 3 aromatic rings. The van der Waals surface area contributed by atoms with E-state index < -0.39 is 0 Å². The molecule has 1 heterocycles. The van der Waals surface area contributed by atoms with Crippen LogP contribution in [0, 0.1) is 0 Å². The summed E-state index contributed by atoms with van der Waals surface area (Å²) in [5, 5.41) is 8.28. The summed E-state index contributed by atoms with van der Waals surface area (Å²) in [4.78, 5) is 4.49. The van der Waals surface area contributed by atoms with Crippen LogP contribution in [0.2, 0.25) is 10.0 Å². The van der Waals surface area contributed by atoms with Crippen LogP contribution >= 0.6 is 23.2 Å². The number of hydrogen-bond acceptors (Lipinski definition) is 2. The largest absolute Gasteiger partial charge is 0.262 e. The average molecular weight is 304 g/mol. The first-order valence-electron chi connectivity index (χ1n) is 6.13. The third-order valence-electron chi connectivity index (χ3n) is 2.92. The number of nitrogens with zero attached hydrogens (tertiary/aromatic N) is 2. The molecule has 0 aliphatic rings. The monoisotopic (exact) mass is 303 g/mol. The summed E-state index contributed by atoms with van der Waals surface area (Å²) < 4.78 is 0. The zero-order chi connectivity index (χ0) is 13.9. The summed E-state index contributed by atoms with van der Waals surface area (Å²) in [5.74, 6) is 1.49. The molecule has 0 spiro atoms. The lowest BCUT2D eigenvalue weighted by Gasteiger charge is -2.00. The molecule has 0 saturated carbocycles. The van der Waals surface area contributed by atoms with Crippen molar-refractivity contribution in [1.29, 1.82) is 0 Å². The molecule has 0 aliphatic heterocycles. The normalized spacial score (nSPS) is 10.7. The molecule has 1 aromatic heterocycles. The smallest absolute Gasteiger partial charge is 0.181 e. The Bertz CT molecular complexity index is 723. The van der Waals surface area contributed by atoms with Gasteiger partial charge in [0.2, 0.25) is 0 Å². The van der Waals surface area contributed by atoms with Gasteiger partial charge in [-0.25, -0.2) is 4.98 Å². The van der Waals surface area contributed by atoms with Gasteiger partial charge in [-0.05, 0) is 17.7 Å². The highest BCUT2D eigenvalue weighted by Gasteiger charge is 2.07. The molecule has 1 N–H and O–H groups in total. The van der Waals surface area contributed by atoms with Crippen molar-refractivity contribution < 1.29 is 0 Å². The SMILES string of the molecule is Clc1ccc(Cc2nc(-c3ccccc3)n[nH]2)cc1Cl. The van der Waals surface area contributed by atoms with Gasteiger partial charge in [-0.15, -0.1) is 0 Å². The quantitative estimate of drug-likeness (QED) is 0.780. The summed E-state index contributed by atoms with van der Waals surface area (Å²) in [5.41, 5.74) is 2.03. The molecule has 0 atom stereocenters. The predicted octanol–water partition coefficient (Wildman–Crippen LogP) is 4.37. The van der Waals surface area contributed by atoms with Gasteiger partial charge >= 0.3 is 0 Å². The lowest BCUT2D eigenvalue weighted by Crippen LogP contribution is -1.91. The minimum absolute atomic E-state index is 0.548. The second-order valence-electron chi connectivity index (χ2n) is 4.40. The van der Waals surface area contributed by atoms with E-state index in [1.807, 2.05) is 42.5 Å². The Morgan fingerprint density at radius 1 is 0.950 bits per heavy atom. The predicted molar refractivity (Wildman–Crippen MR) is 81.1 cm³/mol. The van der Waals surface area contributed by atoms with Gasteiger partial charge in [-0.3, -0.25) is 5.10 Å². The van der Waals surface area contributed by atoms with Gasteiger partial charge in [-0.1, -0.05) is 59.6 Å². The number of halogens is 2. The fourth-order valence-electron chi connectivity index (χ4n) is 1.93. The van der Waals surface area contributed by atoms with E-state index >= 15 is 0 Å². The maximum Gasteiger partial charge on any atom is 0.181 e. The third kappa shape index (κ3) is 2.84. The van der Waals surface area contributed by atoms with E-state index in [9.17, 15) is 0 Å². The molecule has 20 heavy (non-hydrogen) atoms. The minimum atomic E-state index is 0.548. The van der Waals surface area contributed by atoms with Gasteiger partial charge in [0.15, 0.2) is 5.82 Å². The fourth-order valence-corrected chi connectivity index (χ4v) is 2.25. The number of aromatic amines is 1. The molecule has 0 aliphatic carbocycles. The lowest BCUT2D eigenvalue weighted by atomic mass is 10.1. The van der Waals surface area contributed by atoms with Gasteiger partial charge in [0.25, 0.3) is 0 Å². The number of nitrogens with one attached hydrogen (secondary N) is 1. The van der Waals surface area contributed by atoms with E-state index in [2.05, 4.69) is 15.2 Å². The number of benzene rings is 2. The molecule has 2 aromatic carbocycles. The summed E-state index contributed by atoms with van der Waals surface area (Å²) >= 11 is 11.9. The summed E-state index contributed by atoms with van der Waals surface area (Å²) in [6.07, 6.45) is 0.636. The molecular weight excluding hydrogens is 293 g/mol. The standard InChI is InChI=1S/C15H11Cl2N3/c16-12-7-6-10(8-13(12)17)9-14-18-15(20-19-14)11-4-2-1-3-5-11/h1-8H,9H2,(H,18,19,20). The van der Waals surface area contributed by atoms with E-state index in [1.165, 1.54) is 0 Å². The number of aromatic nitrogens is 3. The van der Waals surface area contributed by atoms with Crippen LogP contribution in [-0.2, 0) is 6.42 Å². The van der Waals surface area contributed by atoms with Crippen molar-refractivity contribution in [2.45, 2.75) is 6.42 Å². The van der Waals surface area contributed by atoms with Crippen molar-refractivity contribution in [1.82, 2.24) is 15.2 Å².